The van der Waals surface area contributed by atoms with Gasteiger partial charge < -0.3 is 5.73 Å². The first-order valence-electron chi connectivity index (χ1n) is 6.54. The van der Waals surface area contributed by atoms with Gasteiger partial charge in [-0.25, -0.2) is 0 Å². The van der Waals surface area contributed by atoms with E-state index in [1.807, 2.05) is 48.5 Å². The zero-order valence-corrected chi connectivity index (χ0v) is 12.4. The van der Waals surface area contributed by atoms with Crippen LogP contribution in [0, 0.1) is 0 Å². The summed E-state index contributed by atoms with van der Waals surface area (Å²) in [4.78, 5) is 10.8. The van der Waals surface area contributed by atoms with Crippen molar-refractivity contribution in [2.45, 2.75) is 5.75 Å². The number of amides is 1. The molecule has 3 nitrogen and oxygen atoms in total. The van der Waals surface area contributed by atoms with E-state index in [4.69, 9.17) is 5.73 Å². The molecule has 0 radical (unpaired) electrons. The first-order chi connectivity index (χ1) is 10.1. The summed E-state index contributed by atoms with van der Waals surface area (Å²) in [6.45, 7) is 3.73. The van der Waals surface area contributed by atoms with E-state index in [9.17, 15) is 9.00 Å². The van der Waals surface area contributed by atoms with Crippen molar-refractivity contribution in [1.29, 1.82) is 0 Å². The van der Waals surface area contributed by atoms with Gasteiger partial charge in [0.15, 0.2) is 0 Å². The molecule has 21 heavy (non-hydrogen) atoms. The van der Waals surface area contributed by atoms with Gasteiger partial charge in [0.1, 0.15) is 5.75 Å². The van der Waals surface area contributed by atoms with E-state index in [1.165, 1.54) is 0 Å². The molecule has 4 heteroatoms. The number of carbonyl (C=O) groups is 1. The molecule has 0 aliphatic rings. The van der Waals surface area contributed by atoms with E-state index < -0.39 is 16.7 Å². The van der Waals surface area contributed by atoms with Crippen LogP contribution in [0.3, 0.4) is 0 Å². The van der Waals surface area contributed by atoms with Gasteiger partial charge in [0.25, 0.3) is 0 Å². The highest BCUT2D eigenvalue weighted by atomic mass is 32.2. The molecule has 2 aromatic rings. The first-order valence-corrected chi connectivity index (χ1v) is 8.03. The quantitative estimate of drug-likeness (QED) is 0.891. The molecule has 2 aromatic carbocycles. The molecule has 2 N–H and O–H groups in total. The molecule has 1 amide bonds. The minimum atomic E-state index is -1.28. The highest BCUT2D eigenvalue weighted by Gasteiger charge is 2.10. The lowest BCUT2D eigenvalue weighted by atomic mass is 9.99. The summed E-state index contributed by atoms with van der Waals surface area (Å²) in [5, 5.41) is 0. The Kier molecular flexibility index (Phi) is 5.06. The van der Waals surface area contributed by atoms with Gasteiger partial charge in [-0.05, 0) is 22.3 Å². The van der Waals surface area contributed by atoms with Gasteiger partial charge in [0.2, 0.25) is 5.91 Å². The Bertz CT molecular complexity index is 677. The molecule has 0 bridgehead atoms. The minimum Gasteiger partial charge on any atom is -0.369 e. The third-order valence-corrected chi connectivity index (χ3v) is 4.33. The Hall–Kier alpha value is -2.20. The Morgan fingerprint density at radius 1 is 1.14 bits per heavy atom. The molecule has 0 saturated carbocycles. The van der Waals surface area contributed by atoms with Crippen LogP contribution in [0.5, 0.6) is 0 Å². The molecule has 108 valence electrons. The van der Waals surface area contributed by atoms with Crippen molar-refractivity contribution in [2.24, 2.45) is 5.73 Å². The highest BCUT2D eigenvalue weighted by Crippen LogP contribution is 2.25. The molecule has 0 aliphatic heterocycles. The highest BCUT2D eigenvalue weighted by molar-refractivity contribution is 7.84. The van der Waals surface area contributed by atoms with Crippen LogP contribution < -0.4 is 5.73 Å². The van der Waals surface area contributed by atoms with Crippen LogP contribution in [0.2, 0.25) is 0 Å². The van der Waals surface area contributed by atoms with Crippen molar-refractivity contribution >= 4 is 22.8 Å². The molecule has 0 aromatic heterocycles. The van der Waals surface area contributed by atoms with Gasteiger partial charge in [0, 0.05) is 16.6 Å². The maximum Gasteiger partial charge on any atom is 0.230 e. The largest absolute Gasteiger partial charge is 0.369 e. The third-order valence-electron chi connectivity index (χ3n) is 3.09. The maximum atomic E-state index is 11.9. The molecule has 0 saturated heterocycles. The van der Waals surface area contributed by atoms with Crippen molar-refractivity contribution in [2.75, 3.05) is 5.75 Å². The number of hydrogen-bond donors (Lipinski definition) is 1. The van der Waals surface area contributed by atoms with Gasteiger partial charge in [-0.2, -0.15) is 0 Å². The fraction of sp³-hybridized carbons (Fsp3) is 0.118. The lowest BCUT2D eigenvalue weighted by Crippen LogP contribution is -2.20. The fourth-order valence-corrected chi connectivity index (χ4v) is 3.13. The lowest BCUT2D eigenvalue weighted by molar-refractivity contribution is -0.115. The minimum absolute atomic E-state index is 0.107. The second-order valence-electron chi connectivity index (χ2n) is 4.68. The van der Waals surface area contributed by atoms with Gasteiger partial charge in [-0.3, -0.25) is 9.00 Å². The summed E-state index contributed by atoms with van der Waals surface area (Å²) in [5.41, 5.74) is 9.15. The summed E-state index contributed by atoms with van der Waals surface area (Å²) < 4.78 is 11.9. The van der Waals surface area contributed by atoms with Crippen LogP contribution >= 0.6 is 0 Å². The van der Waals surface area contributed by atoms with E-state index >= 15 is 0 Å². The first kappa shape index (κ1) is 15.2. The molecule has 2 rings (SSSR count). The fourth-order valence-electron chi connectivity index (χ4n) is 2.11. The molecule has 1 atom stereocenters. The van der Waals surface area contributed by atoms with Crippen molar-refractivity contribution in [3.8, 4) is 11.1 Å². The molecule has 0 aliphatic carbocycles. The van der Waals surface area contributed by atoms with E-state index in [-0.39, 0.29) is 5.75 Å². The van der Waals surface area contributed by atoms with Crippen molar-refractivity contribution in [3.63, 3.8) is 0 Å². The summed E-state index contributed by atoms with van der Waals surface area (Å²) in [7, 11) is -1.28. The third kappa shape index (κ3) is 4.13. The SMILES string of the molecule is C=Cc1ccc(-c2ccccc2C[S@](=O)CC(N)=O)cc1. The topological polar surface area (TPSA) is 60.2 Å². The lowest BCUT2D eigenvalue weighted by Gasteiger charge is -2.09. The molecule has 0 heterocycles. The molecule has 0 unspecified atom stereocenters. The second-order valence-corrected chi connectivity index (χ2v) is 6.14. The van der Waals surface area contributed by atoms with Gasteiger partial charge in [0.05, 0.1) is 0 Å². The standard InChI is InChI=1S/C17H17NO2S/c1-2-13-7-9-14(10-8-13)16-6-4-3-5-15(16)11-21(20)12-17(18)19/h2-10H,1,11-12H2,(H2,18,19)/t21-/m0/s1. The zero-order chi connectivity index (χ0) is 15.2. The molecule has 0 spiro atoms. The van der Waals surface area contributed by atoms with Gasteiger partial charge >= 0.3 is 0 Å². The summed E-state index contributed by atoms with van der Waals surface area (Å²) >= 11 is 0. The second kappa shape index (κ2) is 6.99. The monoisotopic (exact) mass is 299 g/mol. The summed E-state index contributed by atoms with van der Waals surface area (Å²) in [6, 6.07) is 15.7. The van der Waals surface area contributed by atoms with Crippen LogP contribution in [0.25, 0.3) is 17.2 Å². The van der Waals surface area contributed by atoms with E-state index in [0.717, 1.165) is 22.3 Å². The van der Waals surface area contributed by atoms with Gasteiger partial charge in [-0.1, -0.05) is 61.2 Å². The van der Waals surface area contributed by atoms with Crippen molar-refractivity contribution in [1.82, 2.24) is 0 Å². The smallest absolute Gasteiger partial charge is 0.230 e. The number of rotatable bonds is 6. The van der Waals surface area contributed by atoms with E-state index in [2.05, 4.69) is 6.58 Å². The summed E-state index contributed by atoms with van der Waals surface area (Å²) in [5.74, 6) is -0.326. The van der Waals surface area contributed by atoms with E-state index in [0.29, 0.717) is 5.75 Å². The Morgan fingerprint density at radius 2 is 1.81 bits per heavy atom. The average Bonchev–Trinajstić information content (AvgIpc) is 2.47. The molecular formula is C17H17NO2S. The van der Waals surface area contributed by atoms with Crippen LogP contribution in [0.15, 0.2) is 55.1 Å². The number of carbonyl (C=O) groups excluding carboxylic acids is 1. The number of nitrogens with two attached hydrogens (primary N) is 1. The maximum absolute atomic E-state index is 11.9. The predicted molar refractivity (Wildman–Crippen MR) is 87.9 cm³/mol. The van der Waals surface area contributed by atoms with E-state index in [1.54, 1.807) is 6.08 Å². The Balaban J connectivity index is 2.29. The summed E-state index contributed by atoms with van der Waals surface area (Å²) in [6.07, 6.45) is 1.79. The average molecular weight is 299 g/mol. The zero-order valence-electron chi connectivity index (χ0n) is 11.6. The number of hydrogen-bond acceptors (Lipinski definition) is 2. The predicted octanol–water partition coefficient (Wildman–Crippen LogP) is 2.73. The normalized spacial score (nSPS) is 11.8. The van der Waals surface area contributed by atoms with Crippen LogP contribution in [0.1, 0.15) is 11.1 Å². The van der Waals surface area contributed by atoms with Crippen LogP contribution in [0.4, 0.5) is 0 Å². The molecule has 0 fully saturated rings. The number of benzene rings is 2. The Labute approximate surface area is 126 Å². The van der Waals surface area contributed by atoms with Crippen LogP contribution in [-0.4, -0.2) is 15.9 Å². The van der Waals surface area contributed by atoms with Gasteiger partial charge in [-0.15, -0.1) is 0 Å². The van der Waals surface area contributed by atoms with Crippen LogP contribution in [-0.2, 0) is 21.3 Å². The number of primary amides is 1. The molecular weight excluding hydrogens is 282 g/mol. The Morgan fingerprint density at radius 3 is 2.43 bits per heavy atom. The van der Waals surface area contributed by atoms with Crippen molar-refractivity contribution in [3.05, 3.63) is 66.2 Å². The van der Waals surface area contributed by atoms with Crippen molar-refractivity contribution < 1.29 is 9.00 Å².